The zero-order valence-electron chi connectivity index (χ0n) is 13.6. The molecule has 0 fully saturated rings. The van der Waals surface area contributed by atoms with Crippen LogP contribution in [0.1, 0.15) is 50.2 Å². The Kier molecular flexibility index (Phi) is 7.39. The molecular formula is C15H27N3OS2. The quantitative estimate of drug-likeness (QED) is 0.630. The van der Waals surface area contributed by atoms with E-state index in [9.17, 15) is 4.79 Å². The number of rotatable bonds is 8. The Hall–Kier alpha value is -0.880. The molecule has 120 valence electrons. The number of nitrogens with two attached hydrogens (primary N) is 1. The summed E-state index contributed by atoms with van der Waals surface area (Å²) >= 11 is 3.05. The molecule has 1 aromatic rings. The summed E-state index contributed by atoms with van der Waals surface area (Å²) < 4.78 is 0. The van der Waals surface area contributed by atoms with Crippen molar-refractivity contribution >= 4 is 39.7 Å². The van der Waals surface area contributed by atoms with E-state index in [0.29, 0.717) is 29.1 Å². The van der Waals surface area contributed by atoms with E-state index in [-0.39, 0.29) is 5.91 Å². The minimum Gasteiger partial charge on any atom is -0.396 e. The molecule has 0 aliphatic rings. The molecule has 1 heterocycles. The largest absolute Gasteiger partial charge is 0.396 e. The predicted octanol–water partition coefficient (Wildman–Crippen LogP) is 4.04. The number of carbonyl (C=O) groups is 1. The van der Waals surface area contributed by atoms with Gasteiger partial charge in [-0.05, 0) is 25.0 Å². The minimum absolute atomic E-state index is 0.0692. The van der Waals surface area contributed by atoms with Crippen molar-refractivity contribution in [3.8, 4) is 0 Å². The van der Waals surface area contributed by atoms with E-state index in [2.05, 4.69) is 31.4 Å². The molecule has 0 saturated heterocycles. The lowest BCUT2D eigenvalue weighted by atomic mass is 10.0. The monoisotopic (exact) mass is 329 g/mol. The molecular weight excluding hydrogens is 302 g/mol. The number of hydrogen-bond acceptors (Lipinski definition) is 5. The first-order valence-electron chi connectivity index (χ1n) is 7.47. The summed E-state index contributed by atoms with van der Waals surface area (Å²) in [7, 11) is 0. The normalized spacial score (nSPS) is 12.5. The van der Waals surface area contributed by atoms with Crippen LogP contribution in [0.25, 0.3) is 0 Å². The Bertz CT molecular complexity index is 472. The highest BCUT2D eigenvalue weighted by molar-refractivity contribution is 7.99. The number of hydrogen-bond donors (Lipinski definition) is 3. The number of carbonyl (C=O) groups excluding carboxylic acids is 1. The van der Waals surface area contributed by atoms with Crippen LogP contribution in [-0.4, -0.2) is 24.7 Å². The van der Waals surface area contributed by atoms with Crippen molar-refractivity contribution in [1.82, 2.24) is 5.32 Å². The molecule has 0 spiro atoms. The van der Waals surface area contributed by atoms with E-state index >= 15 is 0 Å². The second-order valence-corrected chi connectivity index (χ2v) is 7.20. The summed E-state index contributed by atoms with van der Waals surface area (Å²) in [6, 6.07) is 0.389. The smallest absolute Gasteiger partial charge is 0.263 e. The molecule has 1 unspecified atom stereocenters. The van der Waals surface area contributed by atoms with Gasteiger partial charge in [-0.1, -0.05) is 27.7 Å². The van der Waals surface area contributed by atoms with Gasteiger partial charge >= 0.3 is 0 Å². The second kappa shape index (κ2) is 8.54. The Morgan fingerprint density at radius 2 is 2.05 bits per heavy atom. The van der Waals surface area contributed by atoms with Gasteiger partial charge < -0.3 is 16.4 Å². The van der Waals surface area contributed by atoms with E-state index in [1.807, 2.05) is 13.2 Å². The van der Waals surface area contributed by atoms with E-state index < -0.39 is 0 Å². The molecule has 0 bridgehead atoms. The number of thioether (sulfide) groups is 1. The Labute approximate surface area is 136 Å². The molecule has 1 rings (SSSR count). The van der Waals surface area contributed by atoms with Crippen LogP contribution in [0.5, 0.6) is 0 Å². The minimum atomic E-state index is -0.0692. The van der Waals surface area contributed by atoms with Crippen LogP contribution in [0.15, 0.2) is 4.90 Å². The highest BCUT2D eigenvalue weighted by Gasteiger charge is 2.22. The molecule has 0 aliphatic carbocycles. The van der Waals surface area contributed by atoms with Crippen LogP contribution in [0.3, 0.4) is 0 Å². The number of thiophene rings is 1. The molecule has 4 nitrogen and oxygen atoms in total. The first kappa shape index (κ1) is 18.2. The van der Waals surface area contributed by atoms with Gasteiger partial charge in [0.05, 0.1) is 10.6 Å². The Morgan fingerprint density at radius 3 is 2.52 bits per heavy atom. The molecule has 0 aromatic carbocycles. The van der Waals surface area contributed by atoms with Gasteiger partial charge in [0.2, 0.25) is 0 Å². The first-order chi connectivity index (χ1) is 9.96. The lowest BCUT2D eigenvalue weighted by Crippen LogP contribution is -2.24. The average Bonchev–Trinajstić information content (AvgIpc) is 2.77. The number of nitrogen functional groups attached to an aromatic ring is 1. The van der Waals surface area contributed by atoms with Gasteiger partial charge in [0, 0.05) is 12.6 Å². The highest BCUT2D eigenvalue weighted by Crippen LogP contribution is 2.42. The van der Waals surface area contributed by atoms with Gasteiger partial charge in [-0.3, -0.25) is 4.79 Å². The maximum Gasteiger partial charge on any atom is 0.263 e. The third-order valence-corrected chi connectivity index (χ3v) is 5.50. The van der Waals surface area contributed by atoms with Crippen LogP contribution in [0.4, 0.5) is 10.7 Å². The zero-order chi connectivity index (χ0) is 16.0. The summed E-state index contributed by atoms with van der Waals surface area (Å²) in [5.41, 5.74) is 6.77. The molecule has 1 amide bonds. The summed E-state index contributed by atoms with van der Waals surface area (Å²) in [6.07, 6.45) is 3.96. The molecule has 1 atom stereocenters. The van der Waals surface area contributed by atoms with Crippen LogP contribution < -0.4 is 16.4 Å². The van der Waals surface area contributed by atoms with Crippen molar-refractivity contribution in [1.29, 1.82) is 0 Å². The average molecular weight is 330 g/mol. The second-order valence-electron chi connectivity index (χ2n) is 5.37. The fourth-order valence-electron chi connectivity index (χ4n) is 2.12. The molecule has 0 aliphatic heterocycles. The molecule has 0 radical (unpaired) electrons. The van der Waals surface area contributed by atoms with E-state index in [0.717, 1.165) is 22.7 Å². The van der Waals surface area contributed by atoms with Crippen LogP contribution in [-0.2, 0) is 0 Å². The fourth-order valence-corrected chi connectivity index (χ4v) is 4.12. The fraction of sp³-hybridized carbons (Fsp3) is 0.667. The van der Waals surface area contributed by atoms with Gasteiger partial charge in [0.1, 0.15) is 9.88 Å². The Morgan fingerprint density at radius 1 is 1.38 bits per heavy atom. The first-order valence-corrected chi connectivity index (χ1v) is 9.51. The van der Waals surface area contributed by atoms with Crippen LogP contribution in [0.2, 0.25) is 0 Å². The molecule has 1 aromatic heterocycles. The van der Waals surface area contributed by atoms with E-state index in [4.69, 9.17) is 5.73 Å². The molecule has 0 saturated carbocycles. The molecule has 6 heteroatoms. The third kappa shape index (κ3) is 4.54. The van der Waals surface area contributed by atoms with Crippen LogP contribution in [0, 0.1) is 5.92 Å². The van der Waals surface area contributed by atoms with Crippen molar-refractivity contribution in [2.24, 2.45) is 5.92 Å². The lowest BCUT2D eigenvalue weighted by molar-refractivity contribution is 0.0958. The summed E-state index contributed by atoms with van der Waals surface area (Å²) in [5, 5.41) is 7.47. The lowest BCUT2D eigenvalue weighted by Gasteiger charge is -2.21. The van der Waals surface area contributed by atoms with Gasteiger partial charge in [-0.25, -0.2) is 0 Å². The standard InChI is InChI=1S/C15H27N3OS2/c1-6-8-17-14(19)12-11(16)13(20-5)15(21-12)18-10(7-2)9(3)4/h9-10,18H,6-8,16H2,1-5H3,(H,17,19). The maximum atomic E-state index is 12.2. The number of anilines is 2. The third-order valence-electron chi connectivity index (χ3n) is 3.41. The van der Waals surface area contributed by atoms with Gasteiger partial charge in [0.15, 0.2) is 0 Å². The topological polar surface area (TPSA) is 67.2 Å². The van der Waals surface area contributed by atoms with Crippen molar-refractivity contribution in [3.63, 3.8) is 0 Å². The Balaban J connectivity index is 3.02. The van der Waals surface area contributed by atoms with Crippen molar-refractivity contribution in [2.45, 2.75) is 51.5 Å². The van der Waals surface area contributed by atoms with Gasteiger partial charge in [-0.15, -0.1) is 23.1 Å². The summed E-state index contributed by atoms with van der Waals surface area (Å²) in [4.78, 5) is 13.8. The van der Waals surface area contributed by atoms with Crippen LogP contribution >= 0.6 is 23.1 Å². The van der Waals surface area contributed by atoms with Gasteiger partial charge in [-0.2, -0.15) is 0 Å². The van der Waals surface area contributed by atoms with E-state index in [1.54, 1.807) is 11.8 Å². The SMILES string of the molecule is CCCNC(=O)c1sc(NC(CC)C(C)C)c(SC)c1N. The van der Waals surface area contributed by atoms with E-state index in [1.165, 1.54) is 11.3 Å². The zero-order valence-corrected chi connectivity index (χ0v) is 15.2. The molecule has 4 N–H and O–H groups in total. The summed E-state index contributed by atoms with van der Waals surface area (Å²) in [6.45, 7) is 9.28. The number of amides is 1. The number of nitrogens with one attached hydrogen (secondary N) is 2. The van der Waals surface area contributed by atoms with Crippen molar-refractivity contribution in [2.75, 3.05) is 23.9 Å². The highest BCUT2D eigenvalue weighted by atomic mass is 32.2. The van der Waals surface area contributed by atoms with Crippen molar-refractivity contribution < 1.29 is 4.79 Å². The predicted molar refractivity (Wildman–Crippen MR) is 95.7 cm³/mol. The maximum absolute atomic E-state index is 12.2. The van der Waals surface area contributed by atoms with Crippen molar-refractivity contribution in [3.05, 3.63) is 4.88 Å². The summed E-state index contributed by atoms with van der Waals surface area (Å²) in [5.74, 6) is 0.464. The van der Waals surface area contributed by atoms with Gasteiger partial charge in [0.25, 0.3) is 5.91 Å². The molecule has 21 heavy (non-hydrogen) atoms.